The second-order valence-corrected chi connectivity index (χ2v) is 6.63. The van der Waals surface area contributed by atoms with Gasteiger partial charge in [-0.25, -0.2) is 14.2 Å². The van der Waals surface area contributed by atoms with Crippen LogP contribution in [0.3, 0.4) is 0 Å². The number of ether oxygens (including phenoxy) is 2. The molecule has 3 rings (SSSR count). The summed E-state index contributed by atoms with van der Waals surface area (Å²) in [7, 11) is 1.13. The predicted octanol–water partition coefficient (Wildman–Crippen LogP) is 3.70. The van der Waals surface area contributed by atoms with Gasteiger partial charge in [0.25, 0.3) is 0 Å². The number of benzene rings is 1. The van der Waals surface area contributed by atoms with Crippen LogP contribution in [0.2, 0.25) is 5.02 Å². The lowest BCUT2D eigenvalue weighted by Gasteiger charge is -2.13. The normalized spacial score (nSPS) is 11.9. The second-order valence-electron chi connectivity index (χ2n) is 6.19. The molecule has 0 N–H and O–H groups in total. The van der Waals surface area contributed by atoms with Gasteiger partial charge in [-0.1, -0.05) is 11.6 Å². The molecule has 0 spiro atoms. The van der Waals surface area contributed by atoms with Crippen LogP contribution in [0.1, 0.15) is 52.3 Å². The average Bonchev–Trinajstić information content (AvgIpc) is 3.13. The standard InChI is InChI=1S/C20H16ClFN2O6/c1-4-29-20(27)17-15(9(2)25)24-18(30-17)14(19(26)28-3)10-5-11-6-12(21)8-23-16(11)13(22)7-10/h5-8,14H,4H2,1-3H3. The molecule has 0 amide bonds. The van der Waals surface area contributed by atoms with E-state index in [2.05, 4.69) is 9.97 Å². The molecule has 0 fully saturated rings. The molecule has 3 aromatic rings. The van der Waals surface area contributed by atoms with Crippen molar-refractivity contribution in [1.29, 1.82) is 0 Å². The van der Waals surface area contributed by atoms with Crippen molar-refractivity contribution in [1.82, 2.24) is 9.97 Å². The monoisotopic (exact) mass is 434 g/mol. The summed E-state index contributed by atoms with van der Waals surface area (Å²) in [6.07, 6.45) is 1.29. The molecule has 2 aromatic heterocycles. The number of hydrogen-bond donors (Lipinski definition) is 0. The molecular weight excluding hydrogens is 419 g/mol. The quantitative estimate of drug-likeness (QED) is 0.426. The molecule has 8 nitrogen and oxygen atoms in total. The van der Waals surface area contributed by atoms with Gasteiger partial charge in [-0.3, -0.25) is 14.6 Å². The minimum atomic E-state index is -1.35. The maximum absolute atomic E-state index is 14.6. The number of esters is 2. The highest BCUT2D eigenvalue weighted by Gasteiger charge is 2.34. The number of oxazole rings is 1. The third kappa shape index (κ3) is 4.02. The Hall–Kier alpha value is -3.33. The van der Waals surface area contributed by atoms with Crippen molar-refractivity contribution >= 4 is 40.2 Å². The SMILES string of the molecule is CCOC(=O)c1oc(C(C(=O)OC)c2cc(F)c3ncc(Cl)cc3c2)nc1C(C)=O. The van der Waals surface area contributed by atoms with Gasteiger partial charge in [0.05, 0.1) is 18.7 Å². The van der Waals surface area contributed by atoms with E-state index < -0.39 is 35.2 Å². The van der Waals surface area contributed by atoms with E-state index in [1.54, 1.807) is 6.92 Å². The van der Waals surface area contributed by atoms with E-state index in [0.717, 1.165) is 13.2 Å². The van der Waals surface area contributed by atoms with E-state index >= 15 is 0 Å². The smallest absolute Gasteiger partial charge is 0.376 e. The number of hydrogen-bond acceptors (Lipinski definition) is 8. The highest BCUT2D eigenvalue weighted by atomic mass is 35.5. The van der Waals surface area contributed by atoms with Crippen LogP contribution in [0.5, 0.6) is 0 Å². The molecule has 0 aliphatic carbocycles. The Kier molecular flexibility index (Phi) is 6.12. The molecule has 30 heavy (non-hydrogen) atoms. The predicted molar refractivity (Wildman–Crippen MR) is 103 cm³/mol. The van der Waals surface area contributed by atoms with Crippen LogP contribution in [0, 0.1) is 5.82 Å². The van der Waals surface area contributed by atoms with E-state index in [4.69, 9.17) is 25.5 Å². The molecule has 2 heterocycles. The average molecular weight is 435 g/mol. The molecule has 0 saturated heterocycles. The summed E-state index contributed by atoms with van der Waals surface area (Å²) in [6, 6.07) is 4.03. The number of fused-ring (bicyclic) bond motifs is 1. The zero-order valence-corrected chi connectivity index (χ0v) is 16.9. The van der Waals surface area contributed by atoms with Crippen LogP contribution in [-0.4, -0.2) is 41.4 Å². The van der Waals surface area contributed by atoms with E-state index in [-0.39, 0.29) is 34.3 Å². The Balaban J connectivity index is 2.20. The van der Waals surface area contributed by atoms with Crippen molar-refractivity contribution in [2.75, 3.05) is 13.7 Å². The Morgan fingerprint density at radius 3 is 2.63 bits per heavy atom. The lowest BCUT2D eigenvalue weighted by molar-refractivity contribution is -0.141. The fraction of sp³-hybridized carbons (Fsp3) is 0.250. The van der Waals surface area contributed by atoms with Gasteiger partial charge in [-0.05, 0) is 30.7 Å². The van der Waals surface area contributed by atoms with Crippen LogP contribution in [0.15, 0.2) is 28.8 Å². The Labute approximate surface area is 175 Å². The van der Waals surface area contributed by atoms with E-state index in [0.29, 0.717) is 5.39 Å². The van der Waals surface area contributed by atoms with Crippen LogP contribution in [0.25, 0.3) is 10.9 Å². The third-order valence-electron chi connectivity index (χ3n) is 4.18. The summed E-state index contributed by atoms with van der Waals surface area (Å²) in [5.74, 6) is -5.15. The molecule has 0 aliphatic rings. The maximum Gasteiger partial charge on any atom is 0.376 e. The lowest BCUT2D eigenvalue weighted by Crippen LogP contribution is -2.16. The number of carbonyl (C=O) groups is 3. The number of aromatic nitrogens is 2. The summed E-state index contributed by atoms with van der Waals surface area (Å²) in [6.45, 7) is 2.80. The zero-order valence-electron chi connectivity index (χ0n) is 16.2. The summed E-state index contributed by atoms with van der Waals surface area (Å²) in [5.41, 5.74) is -0.137. The molecule has 1 atom stereocenters. The van der Waals surface area contributed by atoms with Crippen molar-refractivity contribution in [3.63, 3.8) is 0 Å². The van der Waals surface area contributed by atoms with Crippen molar-refractivity contribution < 1.29 is 32.7 Å². The first-order valence-electron chi connectivity index (χ1n) is 8.78. The van der Waals surface area contributed by atoms with Crippen molar-refractivity contribution in [3.05, 3.63) is 58.1 Å². The first-order valence-corrected chi connectivity index (χ1v) is 9.15. The summed E-state index contributed by atoms with van der Waals surface area (Å²) >= 11 is 5.94. The van der Waals surface area contributed by atoms with E-state index in [1.165, 1.54) is 25.3 Å². The number of halogens is 2. The maximum atomic E-state index is 14.6. The zero-order chi connectivity index (χ0) is 22.0. The van der Waals surface area contributed by atoms with Gasteiger partial charge in [-0.2, -0.15) is 0 Å². The molecule has 10 heteroatoms. The van der Waals surface area contributed by atoms with Crippen LogP contribution < -0.4 is 0 Å². The molecule has 0 radical (unpaired) electrons. The minimum absolute atomic E-state index is 0.0380. The molecule has 156 valence electrons. The Morgan fingerprint density at radius 2 is 2.00 bits per heavy atom. The third-order valence-corrected chi connectivity index (χ3v) is 4.39. The first kappa shape index (κ1) is 21.4. The number of Topliss-reactive ketones (excluding diaryl/α,β-unsaturated/α-hetero) is 1. The Morgan fingerprint density at radius 1 is 1.27 bits per heavy atom. The van der Waals surface area contributed by atoms with E-state index in [9.17, 15) is 18.8 Å². The number of pyridine rings is 1. The largest absolute Gasteiger partial charge is 0.468 e. The molecule has 0 saturated carbocycles. The number of rotatable bonds is 6. The topological polar surface area (TPSA) is 109 Å². The summed E-state index contributed by atoms with van der Waals surface area (Å²) < 4.78 is 29.7. The number of methoxy groups -OCH3 is 1. The summed E-state index contributed by atoms with van der Waals surface area (Å²) in [4.78, 5) is 44.5. The number of ketones is 1. The minimum Gasteiger partial charge on any atom is -0.468 e. The van der Waals surface area contributed by atoms with Crippen LogP contribution in [0.4, 0.5) is 4.39 Å². The van der Waals surface area contributed by atoms with E-state index in [1.807, 2.05) is 0 Å². The van der Waals surface area contributed by atoms with Gasteiger partial charge >= 0.3 is 11.9 Å². The highest BCUT2D eigenvalue weighted by Crippen LogP contribution is 2.31. The number of carbonyl (C=O) groups excluding carboxylic acids is 3. The van der Waals surface area contributed by atoms with Crippen LogP contribution in [-0.2, 0) is 14.3 Å². The van der Waals surface area contributed by atoms with Gasteiger partial charge in [0.15, 0.2) is 17.4 Å². The first-order chi connectivity index (χ1) is 14.3. The van der Waals surface area contributed by atoms with Crippen molar-refractivity contribution in [3.8, 4) is 0 Å². The fourth-order valence-corrected chi connectivity index (χ4v) is 3.06. The van der Waals surface area contributed by atoms with Gasteiger partial charge in [0, 0.05) is 18.5 Å². The Bertz CT molecular complexity index is 1160. The van der Waals surface area contributed by atoms with Crippen LogP contribution >= 0.6 is 11.6 Å². The van der Waals surface area contributed by atoms with Gasteiger partial charge in [0.1, 0.15) is 11.3 Å². The van der Waals surface area contributed by atoms with Gasteiger partial charge in [0.2, 0.25) is 11.7 Å². The molecule has 1 aromatic carbocycles. The van der Waals surface area contributed by atoms with Crippen molar-refractivity contribution in [2.24, 2.45) is 0 Å². The molecule has 1 unspecified atom stereocenters. The molecule has 0 aliphatic heterocycles. The van der Waals surface area contributed by atoms with Gasteiger partial charge < -0.3 is 13.9 Å². The summed E-state index contributed by atoms with van der Waals surface area (Å²) in [5, 5.41) is 0.601. The highest BCUT2D eigenvalue weighted by molar-refractivity contribution is 6.31. The number of nitrogens with zero attached hydrogens (tertiary/aromatic N) is 2. The lowest BCUT2D eigenvalue weighted by atomic mass is 9.97. The molecular formula is C20H16ClFN2O6. The molecule has 0 bridgehead atoms. The van der Waals surface area contributed by atoms with Gasteiger partial charge in [-0.15, -0.1) is 0 Å². The van der Waals surface area contributed by atoms with Crippen molar-refractivity contribution in [2.45, 2.75) is 19.8 Å². The fourth-order valence-electron chi connectivity index (χ4n) is 2.90. The second kappa shape index (κ2) is 8.58.